The molecule has 1 aromatic rings. The van der Waals surface area contributed by atoms with Crippen LogP contribution in [0.3, 0.4) is 0 Å². The van der Waals surface area contributed by atoms with Crippen LogP contribution in [0.5, 0.6) is 0 Å². The third-order valence-corrected chi connectivity index (χ3v) is 3.65. The molecular formula is C17H27NO2. The SMILES string of the molecule is CCCCCN(CCC(=O)O)c1c(C)cccc1CC. The number of rotatable bonds is 9. The Bertz CT molecular complexity index is 429. The van der Waals surface area contributed by atoms with Crippen LogP contribution in [-0.2, 0) is 11.2 Å². The molecule has 1 aromatic carbocycles. The van der Waals surface area contributed by atoms with Gasteiger partial charge in [0.15, 0.2) is 0 Å². The fraction of sp³-hybridized carbons (Fsp3) is 0.588. The second-order valence-corrected chi connectivity index (χ2v) is 5.27. The summed E-state index contributed by atoms with van der Waals surface area (Å²) in [5, 5.41) is 8.95. The molecule has 0 aliphatic heterocycles. The van der Waals surface area contributed by atoms with E-state index in [1.54, 1.807) is 0 Å². The molecule has 0 spiro atoms. The van der Waals surface area contributed by atoms with Crippen LogP contribution < -0.4 is 4.90 Å². The van der Waals surface area contributed by atoms with Crippen LogP contribution in [0.4, 0.5) is 5.69 Å². The Balaban J connectivity index is 2.92. The smallest absolute Gasteiger partial charge is 0.305 e. The summed E-state index contributed by atoms with van der Waals surface area (Å²) >= 11 is 0. The van der Waals surface area contributed by atoms with Gasteiger partial charge in [0.25, 0.3) is 0 Å². The lowest BCUT2D eigenvalue weighted by Crippen LogP contribution is -2.29. The van der Waals surface area contributed by atoms with Crippen molar-refractivity contribution in [2.75, 3.05) is 18.0 Å². The first-order valence-corrected chi connectivity index (χ1v) is 7.65. The van der Waals surface area contributed by atoms with Crippen molar-refractivity contribution in [3.05, 3.63) is 29.3 Å². The molecule has 0 aliphatic rings. The van der Waals surface area contributed by atoms with Crippen LogP contribution in [0.1, 0.15) is 50.7 Å². The molecule has 3 nitrogen and oxygen atoms in total. The number of benzene rings is 1. The zero-order valence-corrected chi connectivity index (χ0v) is 13.0. The fourth-order valence-electron chi connectivity index (χ4n) is 2.58. The molecule has 0 aromatic heterocycles. The van der Waals surface area contributed by atoms with Gasteiger partial charge in [-0.25, -0.2) is 0 Å². The Morgan fingerprint density at radius 2 is 1.95 bits per heavy atom. The maximum atomic E-state index is 10.9. The van der Waals surface area contributed by atoms with Crippen molar-refractivity contribution >= 4 is 11.7 Å². The number of aliphatic carboxylic acids is 1. The molecule has 0 saturated carbocycles. The van der Waals surface area contributed by atoms with Crippen LogP contribution in [-0.4, -0.2) is 24.2 Å². The summed E-state index contributed by atoms with van der Waals surface area (Å²) in [5.41, 5.74) is 3.80. The molecule has 0 radical (unpaired) electrons. The van der Waals surface area contributed by atoms with Crippen molar-refractivity contribution in [2.45, 2.75) is 52.9 Å². The minimum atomic E-state index is -0.725. The summed E-state index contributed by atoms with van der Waals surface area (Å²) in [6.07, 6.45) is 4.67. The number of carboxylic acid groups (broad SMARTS) is 1. The highest BCUT2D eigenvalue weighted by Gasteiger charge is 2.14. The van der Waals surface area contributed by atoms with Gasteiger partial charge in [0.05, 0.1) is 6.42 Å². The molecule has 20 heavy (non-hydrogen) atoms. The van der Waals surface area contributed by atoms with Gasteiger partial charge in [-0.2, -0.15) is 0 Å². The Kier molecular flexibility index (Phi) is 7.13. The lowest BCUT2D eigenvalue weighted by atomic mass is 10.0. The van der Waals surface area contributed by atoms with E-state index in [4.69, 9.17) is 5.11 Å². The zero-order valence-electron chi connectivity index (χ0n) is 13.0. The lowest BCUT2D eigenvalue weighted by molar-refractivity contribution is -0.136. The van der Waals surface area contributed by atoms with Crippen LogP contribution in [0, 0.1) is 6.92 Å². The van der Waals surface area contributed by atoms with Crippen LogP contribution in [0.25, 0.3) is 0 Å². The van der Waals surface area contributed by atoms with Gasteiger partial charge in [0, 0.05) is 18.8 Å². The van der Waals surface area contributed by atoms with Gasteiger partial charge < -0.3 is 10.0 Å². The summed E-state index contributed by atoms with van der Waals surface area (Å²) in [7, 11) is 0. The minimum absolute atomic E-state index is 0.198. The van der Waals surface area contributed by atoms with Gasteiger partial charge in [0.2, 0.25) is 0 Å². The average Bonchev–Trinajstić information content (AvgIpc) is 2.42. The van der Waals surface area contributed by atoms with Gasteiger partial charge >= 0.3 is 5.97 Å². The molecule has 0 heterocycles. The van der Waals surface area contributed by atoms with Gasteiger partial charge in [-0.05, 0) is 30.9 Å². The average molecular weight is 277 g/mol. The van der Waals surface area contributed by atoms with E-state index in [1.165, 1.54) is 29.7 Å². The first kappa shape index (κ1) is 16.5. The number of carboxylic acids is 1. The third kappa shape index (κ3) is 4.87. The van der Waals surface area contributed by atoms with E-state index in [0.717, 1.165) is 19.4 Å². The van der Waals surface area contributed by atoms with E-state index in [1.807, 2.05) is 0 Å². The summed E-state index contributed by atoms with van der Waals surface area (Å²) in [6.45, 7) is 7.99. The molecule has 0 aliphatic carbocycles. The van der Waals surface area contributed by atoms with Crippen molar-refractivity contribution in [3.63, 3.8) is 0 Å². The Hall–Kier alpha value is -1.51. The second-order valence-electron chi connectivity index (χ2n) is 5.27. The standard InChI is InChI=1S/C17H27NO2/c1-4-6-7-12-18(13-11-16(19)20)17-14(3)9-8-10-15(17)5-2/h8-10H,4-7,11-13H2,1-3H3,(H,19,20). The predicted octanol–water partition coefficient (Wildman–Crippen LogP) is 4.03. The highest BCUT2D eigenvalue weighted by Crippen LogP contribution is 2.26. The topological polar surface area (TPSA) is 40.5 Å². The quantitative estimate of drug-likeness (QED) is 0.693. The van der Waals surface area contributed by atoms with E-state index in [0.29, 0.717) is 6.54 Å². The predicted molar refractivity (Wildman–Crippen MR) is 84.5 cm³/mol. The van der Waals surface area contributed by atoms with E-state index < -0.39 is 5.97 Å². The van der Waals surface area contributed by atoms with Crippen molar-refractivity contribution in [2.24, 2.45) is 0 Å². The highest BCUT2D eigenvalue weighted by atomic mass is 16.4. The van der Waals surface area contributed by atoms with Gasteiger partial charge in [0.1, 0.15) is 0 Å². The minimum Gasteiger partial charge on any atom is -0.481 e. The molecule has 3 heteroatoms. The molecule has 0 unspecified atom stereocenters. The molecule has 1 N–H and O–H groups in total. The molecule has 0 bridgehead atoms. The molecule has 0 atom stereocenters. The largest absolute Gasteiger partial charge is 0.481 e. The van der Waals surface area contributed by atoms with Crippen LogP contribution in [0.15, 0.2) is 18.2 Å². The number of aryl methyl sites for hydroxylation is 2. The summed E-state index contributed by atoms with van der Waals surface area (Å²) in [4.78, 5) is 13.1. The second kappa shape index (κ2) is 8.62. The Morgan fingerprint density at radius 3 is 2.55 bits per heavy atom. The zero-order chi connectivity index (χ0) is 15.0. The van der Waals surface area contributed by atoms with Crippen LogP contribution in [0.2, 0.25) is 0 Å². The molecule has 0 amide bonds. The van der Waals surface area contributed by atoms with Crippen molar-refractivity contribution in [1.82, 2.24) is 0 Å². The summed E-state index contributed by atoms with van der Waals surface area (Å²) in [5.74, 6) is -0.725. The lowest BCUT2D eigenvalue weighted by Gasteiger charge is -2.28. The van der Waals surface area contributed by atoms with Crippen molar-refractivity contribution in [1.29, 1.82) is 0 Å². The van der Waals surface area contributed by atoms with E-state index in [-0.39, 0.29) is 6.42 Å². The van der Waals surface area contributed by atoms with E-state index >= 15 is 0 Å². The first-order chi connectivity index (χ1) is 9.60. The number of hydrogen-bond acceptors (Lipinski definition) is 2. The summed E-state index contributed by atoms with van der Waals surface area (Å²) in [6, 6.07) is 6.34. The van der Waals surface area contributed by atoms with Gasteiger partial charge in [-0.15, -0.1) is 0 Å². The van der Waals surface area contributed by atoms with Crippen LogP contribution >= 0.6 is 0 Å². The molecule has 0 saturated heterocycles. The van der Waals surface area contributed by atoms with Crippen molar-refractivity contribution in [3.8, 4) is 0 Å². The third-order valence-electron chi connectivity index (χ3n) is 3.65. The Morgan fingerprint density at radius 1 is 1.20 bits per heavy atom. The molecule has 0 fully saturated rings. The Labute approximate surface area is 122 Å². The number of para-hydroxylation sites is 1. The van der Waals surface area contributed by atoms with Gasteiger partial charge in [-0.3, -0.25) is 4.79 Å². The molecule has 1 rings (SSSR count). The first-order valence-electron chi connectivity index (χ1n) is 7.65. The summed E-state index contributed by atoms with van der Waals surface area (Å²) < 4.78 is 0. The fourth-order valence-corrected chi connectivity index (χ4v) is 2.58. The molecular weight excluding hydrogens is 250 g/mol. The van der Waals surface area contributed by atoms with Gasteiger partial charge in [-0.1, -0.05) is 44.9 Å². The van der Waals surface area contributed by atoms with E-state index in [9.17, 15) is 4.79 Å². The number of carbonyl (C=O) groups is 1. The highest BCUT2D eigenvalue weighted by molar-refractivity contribution is 5.68. The number of anilines is 1. The van der Waals surface area contributed by atoms with E-state index in [2.05, 4.69) is 43.9 Å². The molecule has 112 valence electrons. The number of unbranched alkanes of at least 4 members (excludes halogenated alkanes) is 2. The number of hydrogen-bond donors (Lipinski definition) is 1. The maximum Gasteiger partial charge on any atom is 0.305 e. The maximum absolute atomic E-state index is 10.9. The monoisotopic (exact) mass is 277 g/mol. The normalized spacial score (nSPS) is 10.6. The van der Waals surface area contributed by atoms with Crippen molar-refractivity contribution < 1.29 is 9.90 Å². The number of nitrogens with zero attached hydrogens (tertiary/aromatic N) is 1.